The molecule has 0 unspecified atom stereocenters. The summed E-state index contributed by atoms with van der Waals surface area (Å²) in [6, 6.07) is 20.3. The van der Waals surface area contributed by atoms with Crippen molar-refractivity contribution in [3.8, 4) is 17.1 Å². The number of para-hydroxylation sites is 2. The molecule has 0 aliphatic rings. The molecule has 152 valence electrons. The molecule has 2 aromatic carbocycles. The number of anilines is 1. The number of fused-ring (bicyclic) bond motifs is 1. The van der Waals surface area contributed by atoms with Crippen molar-refractivity contribution in [1.82, 2.24) is 15.0 Å². The molecule has 0 bridgehead atoms. The van der Waals surface area contributed by atoms with Crippen molar-refractivity contribution in [3.63, 3.8) is 0 Å². The monoisotopic (exact) mass is 400 g/mol. The predicted octanol–water partition coefficient (Wildman–Crippen LogP) is 3.00. The molecule has 6 nitrogen and oxygen atoms in total. The molecule has 0 aliphatic heterocycles. The molecule has 0 radical (unpaired) electrons. The van der Waals surface area contributed by atoms with E-state index in [0.717, 1.165) is 28.0 Å². The molecule has 4 rings (SSSR count). The van der Waals surface area contributed by atoms with Crippen LogP contribution in [0.15, 0.2) is 73.1 Å². The highest BCUT2D eigenvalue weighted by Crippen LogP contribution is 2.27. The molecule has 0 spiro atoms. The van der Waals surface area contributed by atoms with Crippen LogP contribution >= 0.6 is 0 Å². The minimum absolute atomic E-state index is 0.191. The van der Waals surface area contributed by atoms with E-state index in [2.05, 4.69) is 30.5 Å². The first-order valence-electron chi connectivity index (χ1n) is 10.0. The Labute approximate surface area is 176 Å². The molecule has 0 saturated carbocycles. The summed E-state index contributed by atoms with van der Waals surface area (Å²) in [7, 11) is 6.02. The smallest absolute Gasteiger partial charge is 0.163 e. The van der Waals surface area contributed by atoms with Crippen LogP contribution < -0.4 is 15.0 Å². The largest absolute Gasteiger partial charge is 0.496 e. The van der Waals surface area contributed by atoms with Gasteiger partial charge in [0, 0.05) is 23.3 Å². The van der Waals surface area contributed by atoms with E-state index in [1.165, 1.54) is 10.5 Å². The molecule has 2 aromatic heterocycles. The summed E-state index contributed by atoms with van der Waals surface area (Å²) < 4.78 is 5.60. The van der Waals surface area contributed by atoms with Crippen LogP contribution in [0.3, 0.4) is 0 Å². The molecule has 1 atom stereocenters. The summed E-state index contributed by atoms with van der Waals surface area (Å²) in [5, 5.41) is 4.58. The summed E-state index contributed by atoms with van der Waals surface area (Å²) in [4.78, 5) is 15.1. The maximum Gasteiger partial charge on any atom is 0.163 e. The lowest BCUT2D eigenvalue weighted by Crippen LogP contribution is -3.06. The van der Waals surface area contributed by atoms with Crippen molar-refractivity contribution < 1.29 is 9.64 Å². The number of quaternary nitrogens is 1. The van der Waals surface area contributed by atoms with E-state index in [9.17, 15) is 0 Å². The summed E-state index contributed by atoms with van der Waals surface area (Å²) in [5.74, 6) is 2.38. The maximum absolute atomic E-state index is 5.60. The molecule has 0 aliphatic carbocycles. The van der Waals surface area contributed by atoms with Crippen LogP contribution in [0.5, 0.6) is 5.75 Å². The number of benzene rings is 2. The van der Waals surface area contributed by atoms with Crippen LogP contribution in [-0.4, -0.2) is 42.7 Å². The van der Waals surface area contributed by atoms with E-state index in [1.807, 2.05) is 54.6 Å². The lowest BCUT2D eigenvalue weighted by atomic mass is 10.0. The first kappa shape index (κ1) is 19.8. The minimum Gasteiger partial charge on any atom is -0.496 e. The Morgan fingerprint density at radius 2 is 1.77 bits per heavy atom. The second-order valence-electron chi connectivity index (χ2n) is 7.41. The third-order valence-electron chi connectivity index (χ3n) is 5.21. The van der Waals surface area contributed by atoms with Gasteiger partial charge in [0.15, 0.2) is 5.82 Å². The minimum atomic E-state index is 0.191. The van der Waals surface area contributed by atoms with Gasteiger partial charge in [-0.2, -0.15) is 0 Å². The summed E-state index contributed by atoms with van der Waals surface area (Å²) >= 11 is 0. The number of hydrogen-bond acceptors (Lipinski definition) is 5. The zero-order valence-electron chi connectivity index (χ0n) is 17.5. The standard InChI is InChI=1S/C24H25N5O/c1-29(2)21(19-11-5-7-13-22(19)30-3)16-26-24-18-10-4-6-12-20(18)27-23(28-24)17-9-8-14-25-15-17/h4-15,21H,16H2,1-3H3,(H,26,27,28)/p+1/t21-/m0/s1. The topological polar surface area (TPSA) is 64.4 Å². The van der Waals surface area contributed by atoms with Crippen LogP contribution in [0.1, 0.15) is 11.6 Å². The summed E-state index contributed by atoms with van der Waals surface area (Å²) in [6.45, 7) is 0.705. The van der Waals surface area contributed by atoms with Gasteiger partial charge in [-0.25, -0.2) is 9.97 Å². The van der Waals surface area contributed by atoms with Gasteiger partial charge in [0.25, 0.3) is 0 Å². The van der Waals surface area contributed by atoms with Crippen molar-refractivity contribution >= 4 is 16.7 Å². The van der Waals surface area contributed by atoms with Crippen molar-refractivity contribution in [2.75, 3.05) is 33.1 Å². The Hall–Kier alpha value is -3.51. The Morgan fingerprint density at radius 1 is 0.967 bits per heavy atom. The number of rotatable bonds is 7. The molecule has 2 heterocycles. The number of ether oxygens (including phenoxy) is 1. The van der Waals surface area contributed by atoms with Gasteiger partial charge in [-0.05, 0) is 36.4 Å². The number of nitrogens with zero attached hydrogens (tertiary/aromatic N) is 3. The Kier molecular flexibility index (Phi) is 5.86. The van der Waals surface area contributed by atoms with Crippen molar-refractivity contribution in [2.45, 2.75) is 6.04 Å². The van der Waals surface area contributed by atoms with Crippen LogP contribution in [0.4, 0.5) is 5.82 Å². The quantitative estimate of drug-likeness (QED) is 0.499. The van der Waals surface area contributed by atoms with Gasteiger partial charge in [-0.3, -0.25) is 4.98 Å². The highest BCUT2D eigenvalue weighted by Gasteiger charge is 2.22. The van der Waals surface area contributed by atoms with E-state index < -0.39 is 0 Å². The van der Waals surface area contributed by atoms with Crippen molar-refractivity contribution in [2.24, 2.45) is 0 Å². The molecule has 6 heteroatoms. The number of aromatic nitrogens is 3. The van der Waals surface area contributed by atoms with Crippen LogP contribution in [0, 0.1) is 0 Å². The molecule has 30 heavy (non-hydrogen) atoms. The van der Waals surface area contributed by atoms with E-state index in [-0.39, 0.29) is 6.04 Å². The number of nitrogens with one attached hydrogen (secondary N) is 2. The lowest BCUT2D eigenvalue weighted by Gasteiger charge is -2.24. The Balaban J connectivity index is 1.70. The zero-order valence-corrected chi connectivity index (χ0v) is 17.5. The molecule has 2 N–H and O–H groups in total. The zero-order chi connectivity index (χ0) is 20.9. The molecule has 0 saturated heterocycles. The van der Waals surface area contributed by atoms with Crippen LogP contribution in [0.25, 0.3) is 22.3 Å². The van der Waals surface area contributed by atoms with Gasteiger partial charge in [-0.1, -0.05) is 24.3 Å². The first-order valence-corrected chi connectivity index (χ1v) is 10.0. The van der Waals surface area contributed by atoms with Gasteiger partial charge in [-0.15, -0.1) is 0 Å². The van der Waals surface area contributed by atoms with Crippen molar-refractivity contribution in [1.29, 1.82) is 0 Å². The molecule has 0 fully saturated rings. The third kappa shape index (κ3) is 4.09. The number of hydrogen-bond donors (Lipinski definition) is 2. The van der Waals surface area contributed by atoms with E-state index >= 15 is 0 Å². The Morgan fingerprint density at radius 3 is 2.53 bits per heavy atom. The third-order valence-corrected chi connectivity index (χ3v) is 5.21. The fraction of sp³-hybridized carbons (Fsp3) is 0.208. The lowest BCUT2D eigenvalue weighted by molar-refractivity contribution is -0.890. The summed E-state index contributed by atoms with van der Waals surface area (Å²) in [5.41, 5.74) is 2.96. The van der Waals surface area contributed by atoms with E-state index in [0.29, 0.717) is 12.4 Å². The molecular formula is C24H26N5O+. The molecular weight excluding hydrogens is 374 g/mol. The first-order chi connectivity index (χ1) is 14.7. The number of methoxy groups -OCH3 is 1. The highest BCUT2D eigenvalue weighted by atomic mass is 16.5. The van der Waals surface area contributed by atoms with Gasteiger partial charge < -0.3 is 15.0 Å². The van der Waals surface area contributed by atoms with E-state index in [4.69, 9.17) is 14.7 Å². The highest BCUT2D eigenvalue weighted by molar-refractivity contribution is 5.90. The van der Waals surface area contributed by atoms with Gasteiger partial charge in [0.2, 0.25) is 0 Å². The molecule has 4 aromatic rings. The van der Waals surface area contributed by atoms with Crippen LogP contribution in [0.2, 0.25) is 0 Å². The normalized spacial score (nSPS) is 12.1. The van der Waals surface area contributed by atoms with Gasteiger partial charge >= 0.3 is 0 Å². The average Bonchev–Trinajstić information content (AvgIpc) is 2.79. The second-order valence-corrected chi connectivity index (χ2v) is 7.41. The number of pyridine rings is 1. The SMILES string of the molecule is COc1ccccc1[C@H](CNc1nc(-c2cccnc2)nc2ccccc12)[NH+](C)C. The fourth-order valence-corrected chi connectivity index (χ4v) is 3.61. The average molecular weight is 401 g/mol. The Bertz CT molecular complexity index is 1130. The number of likely N-dealkylation sites (N-methyl/N-ethyl adjacent to an activating group) is 1. The molecule has 0 amide bonds. The maximum atomic E-state index is 5.60. The van der Waals surface area contributed by atoms with E-state index in [1.54, 1.807) is 19.5 Å². The summed E-state index contributed by atoms with van der Waals surface area (Å²) in [6.07, 6.45) is 3.54. The second kappa shape index (κ2) is 8.88. The van der Waals surface area contributed by atoms with Crippen molar-refractivity contribution in [3.05, 3.63) is 78.6 Å². The fourth-order valence-electron chi connectivity index (χ4n) is 3.61. The predicted molar refractivity (Wildman–Crippen MR) is 120 cm³/mol. The van der Waals surface area contributed by atoms with Crippen LogP contribution in [-0.2, 0) is 0 Å². The van der Waals surface area contributed by atoms with Gasteiger partial charge in [0.05, 0.1) is 38.8 Å². The van der Waals surface area contributed by atoms with Gasteiger partial charge in [0.1, 0.15) is 17.6 Å².